The first kappa shape index (κ1) is 14.0. The van der Waals surface area contributed by atoms with Crippen LogP contribution in [0.25, 0.3) is 0 Å². The van der Waals surface area contributed by atoms with Crippen LogP contribution in [0.15, 0.2) is 30.5 Å². The number of halogens is 1. The third-order valence-corrected chi connectivity index (χ3v) is 3.63. The SMILES string of the molecule is Clc1ccccc1CNc1cnnc(N2CCOCC2)n1. The van der Waals surface area contributed by atoms with Crippen molar-refractivity contribution < 1.29 is 4.74 Å². The van der Waals surface area contributed by atoms with Gasteiger partial charge in [-0.05, 0) is 11.6 Å². The van der Waals surface area contributed by atoms with Gasteiger partial charge in [0.25, 0.3) is 0 Å². The van der Waals surface area contributed by atoms with Crippen LogP contribution in [0.4, 0.5) is 11.8 Å². The van der Waals surface area contributed by atoms with Crippen molar-refractivity contribution in [2.75, 3.05) is 36.5 Å². The average Bonchev–Trinajstić information content (AvgIpc) is 2.55. The molecule has 7 heteroatoms. The lowest BCUT2D eigenvalue weighted by Crippen LogP contribution is -2.37. The maximum absolute atomic E-state index is 6.13. The van der Waals surface area contributed by atoms with E-state index in [4.69, 9.17) is 16.3 Å². The summed E-state index contributed by atoms with van der Waals surface area (Å²) < 4.78 is 5.32. The van der Waals surface area contributed by atoms with Crippen molar-refractivity contribution >= 4 is 23.4 Å². The Kier molecular flexibility index (Phi) is 4.47. The zero-order chi connectivity index (χ0) is 14.5. The minimum atomic E-state index is 0.598. The summed E-state index contributed by atoms with van der Waals surface area (Å²) in [6, 6.07) is 7.72. The largest absolute Gasteiger partial charge is 0.378 e. The molecular weight excluding hydrogens is 290 g/mol. The minimum Gasteiger partial charge on any atom is -0.378 e. The van der Waals surface area contributed by atoms with Crippen LogP contribution in [0.1, 0.15) is 5.56 Å². The van der Waals surface area contributed by atoms with E-state index in [1.807, 2.05) is 24.3 Å². The third-order valence-electron chi connectivity index (χ3n) is 3.26. The predicted octanol–water partition coefficient (Wildman–Crippen LogP) is 1.97. The molecule has 1 aromatic heterocycles. The summed E-state index contributed by atoms with van der Waals surface area (Å²) in [7, 11) is 0. The fourth-order valence-electron chi connectivity index (χ4n) is 2.10. The van der Waals surface area contributed by atoms with Gasteiger partial charge < -0.3 is 15.0 Å². The number of benzene rings is 1. The van der Waals surface area contributed by atoms with Crippen LogP contribution < -0.4 is 10.2 Å². The minimum absolute atomic E-state index is 0.598. The van der Waals surface area contributed by atoms with Gasteiger partial charge in [0.1, 0.15) is 0 Å². The molecule has 1 N–H and O–H groups in total. The van der Waals surface area contributed by atoms with E-state index in [0.29, 0.717) is 31.5 Å². The molecule has 2 heterocycles. The Labute approximate surface area is 128 Å². The number of nitrogens with zero attached hydrogens (tertiary/aromatic N) is 4. The molecule has 0 aliphatic carbocycles. The quantitative estimate of drug-likeness (QED) is 0.932. The Balaban J connectivity index is 1.67. The Morgan fingerprint density at radius 3 is 2.86 bits per heavy atom. The molecule has 0 unspecified atom stereocenters. The van der Waals surface area contributed by atoms with Crippen LogP contribution in [0.5, 0.6) is 0 Å². The second-order valence-corrected chi connectivity index (χ2v) is 5.09. The van der Waals surface area contributed by atoms with Crippen molar-refractivity contribution in [3.05, 3.63) is 41.0 Å². The van der Waals surface area contributed by atoms with Gasteiger partial charge in [-0.1, -0.05) is 29.8 Å². The van der Waals surface area contributed by atoms with Crippen molar-refractivity contribution in [2.24, 2.45) is 0 Å². The van der Waals surface area contributed by atoms with Crippen LogP contribution >= 0.6 is 11.6 Å². The summed E-state index contributed by atoms with van der Waals surface area (Å²) in [6.45, 7) is 3.56. The Morgan fingerprint density at radius 1 is 1.24 bits per heavy atom. The molecule has 2 aromatic rings. The van der Waals surface area contributed by atoms with Gasteiger partial charge in [-0.2, -0.15) is 10.1 Å². The Bertz CT molecular complexity index is 603. The standard InChI is InChI=1S/C14H16ClN5O/c15-12-4-2-1-3-11(12)9-16-13-10-17-19-14(18-13)20-5-7-21-8-6-20/h1-4,10H,5-9H2,(H,16,18,19). The van der Waals surface area contributed by atoms with Crippen molar-refractivity contribution in [1.29, 1.82) is 0 Å². The van der Waals surface area contributed by atoms with Crippen LogP contribution in [0, 0.1) is 0 Å². The van der Waals surface area contributed by atoms with Gasteiger partial charge in [0.2, 0.25) is 5.95 Å². The molecule has 1 aliphatic rings. The van der Waals surface area contributed by atoms with Gasteiger partial charge in [0.05, 0.1) is 19.4 Å². The van der Waals surface area contributed by atoms with Gasteiger partial charge in [0.15, 0.2) is 5.82 Å². The van der Waals surface area contributed by atoms with Crippen LogP contribution in [0.2, 0.25) is 5.02 Å². The predicted molar refractivity (Wildman–Crippen MR) is 81.6 cm³/mol. The topological polar surface area (TPSA) is 63.2 Å². The number of anilines is 2. The van der Waals surface area contributed by atoms with E-state index in [2.05, 4.69) is 25.4 Å². The van der Waals surface area contributed by atoms with Crippen molar-refractivity contribution in [1.82, 2.24) is 15.2 Å². The monoisotopic (exact) mass is 305 g/mol. The highest BCUT2D eigenvalue weighted by Crippen LogP contribution is 2.17. The number of hydrogen-bond acceptors (Lipinski definition) is 6. The van der Waals surface area contributed by atoms with E-state index in [0.717, 1.165) is 23.7 Å². The van der Waals surface area contributed by atoms with E-state index < -0.39 is 0 Å². The molecule has 110 valence electrons. The molecule has 1 saturated heterocycles. The van der Waals surface area contributed by atoms with E-state index in [9.17, 15) is 0 Å². The maximum atomic E-state index is 6.13. The molecule has 1 fully saturated rings. The molecule has 0 atom stereocenters. The van der Waals surface area contributed by atoms with E-state index in [1.165, 1.54) is 0 Å². The number of rotatable bonds is 4. The van der Waals surface area contributed by atoms with Crippen LogP contribution in [-0.4, -0.2) is 41.5 Å². The lowest BCUT2D eigenvalue weighted by atomic mass is 10.2. The number of hydrogen-bond donors (Lipinski definition) is 1. The number of nitrogens with one attached hydrogen (secondary N) is 1. The maximum Gasteiger partial charge on any atom is 0.247 e. The lowest BCUT2D eigenvalue weighted by molar-refractivity contribution is 0.122. The van der Waals surface area contributed by atoms with Crippen molar-refractivity contribution in [3.63, 3.8) is 0 Å². The normalized spacial score (nSPS) is 15.0. The molecule has 0 saturated carbocycles. The molecule has 3 rings (SSSR count). The zero-order valence-electron chi connectivity index (χ0n) is 11.5. The second-order valence-electron chi connectivity index (χ2n) is 4.69. The van der Waals surface area contributed by atoms with E-state index in [-0.39, 0.29) is 0 Å². The summed E-state index contributed by atoms with van der Waals surface area (Å²) in [6.07, 6.45) is 1.61. The fraction of sp³-hybridized carbons (Fsp3) is 0.357. The Hall–Kier alpha value is -1.92. The summed E-state index contributed by atoms with van der Waals surface area (Å²) in [5, 5.41) is 12.0. The highest BCUT2D eigenvalue weighted by molar-refractivity contribution is 6.31. The molecule has 21 heavy (non-hydrogen) atoms. The number of morpholine rings is 1. The molecule has 0 amide bonds. The first-order valence-corrected chi connectivity index (χ1v) is 7.20. The van der Waals surface area contributed by atoms with E-state index in [1.54, 1.807) is 6.20 Å². The zero-order valence-corrected chi connectivity index (χ0v) is 12.3. The summed E-state index contributed by atoms with van der Waals surface area (Å²) in [4.78, 5) is 6.55. The van der Waals surface area contributed by atoms with Crippen molar-refractivity contribution in [2.45, 2.75) is 6.54 Å². The number of ether oxygens (including phenoxy) is 1. The first-order chi connectivity index (χ1) is 10.3. The molecule has 0 spiro atoms. The summed E-state index contributed by atoms with van der Waals surface area (Å²) in [5.41, 5.74) is 1.02. The Morgan fingerprint density at radius 2 is 2.05 bits per heavy atom. The van der Waals surface area contributed by atoms with Gasteiger partial charge >= 0.3 is 0 Å². The van der Waals surface area contributed by atoms with Crippen LogP contribution in [0.3, 0.4) is 0 Å². The average molecular weight is 306 g/mol. The highest BCUT2D eigenvalue weighted by atomic mass is 35.5. The second kappa shape index (κ2) is 6.69. The number of aromatic nitrogens is 3. The smallest absolute Gasteiger partial charge is 0.247 e. The lowest BCUT2D eigenvalue weighted by Gasteiger charge is -2.26. The van der Waals surface area contributed by atoms with Crippen LogP contribution in [-0.2, 0) is 11.3 Å². The van der Waals surface area contributed by atoms with Gasteiger partial charge in [0, 0.05) is 24.7 Å². The molecule has 1 aliphatic heterocycles. The highest BCUT2D eigenvalue weighted by Gasteiger charge is 2.14. The first-order valence-electron chi connectivity index (χ1n) is 6.82. The fourth-order valence-corrected chi connectivity index (χ4v) is 2.31. The molecule has 0 bridgehead atoms. The summed E-state index contributed by atoms with van der Waals surface area (Å²) in [5.74, 6) is 1.31. The third kappa shape index (κ3) is 3.59. The van der Waals surface area contributed by atoms with Crippen molar-refractivity contribution in [3.8, 4) is 0 Å². The van der Waals surface area contributed by atoms with Gasteiger partial charge in [-0.25, -0.2) is 0 Å². The molecule has 1 aromatic carbocycles. The molecular formula is C14H16ClN5O. The summed E-state index contributed by atoms with van der Waals surface area (Å²) >= 11 is 6.13. The van der Waals surface area contributed by atoms with Gasteiger partial charge in [-0.15, -0.1) is 5.10 Å². The van der Waals surface area contributed by atoms with Gasteiger partial charge in [-0.3, -0.25) is 0 Å². The molecule has 0 radical (unpaired) electrons. The molecule has 6 nitrogen and oxygen atoms in total. The van der Waals surface area contributed by atoms with E-state index >= 15 is 0 Å².